The van der Waals surface area contributed by atoms with Crippen LogP contribution in [0.15, 0.2) is 47.3 Å². The number of aromatic nitrogens is 2. The van der Waals surface area contributed by atoms with Crippen molar-refractivity contribution in [1.29, 1.82) is 5.26 Å². The van der Waals surface area contributed by atoms with Gasteiger partial charge in [-0.15, -0.1) is 0 Å². The minimum atomic E-state index is -4.53. The molecule has 3 aromatic rings. The van der Waals surface area contributed by atoms with Crippen molar-refractivity contribution in [3.05, 3.63) is 64.1 Å². The van der Waals surface area contributed by atoms with Crippen LogP contribution in [0.2, 0.25) is 0 Å². The summed E-state index contributed by atoms with van der Waals surface area (Å²) in [6.45, 7) is 2.57. The summed E-state index contributed by atoms with van der Waals surface area (Å²) >= 11 is 0. The van der Waals surface area contributed by atoms with Crippen molar-refractivity contribution in [2.75, 3.05) is 18.0 Å². The number of rotatable bonds is 2. The molecular formula is C20H15F3N4O. The zero-order valence-corrected chi connectivity index (χ0v) is 14.9. The summed E-state index contributed by atoms with van der Waals surface area (Å²) in [6.07, 6.45) is -4.53. The minimum Gasteiger partial charge on any atom is -0.353 e. The summed E-state index contributed by atoms with van der Waals surface area (Å²) in [7, 11) is 0. The molecule has 0 unspecified atom stereocenters. The summed E-state index contributed by atoms with van der Waals surface area (Å²) in [6, 6.07) is 12.4. The molecule has 1 aromatic heterocycles. The van der Waals surface area contributed by atoms with E-state index < -0.39 is 17.4 Å². The van der Waals surface area contributed by atoms with E-state index >= 15 is 0 Å². The van der Waals surface area contributed by atoms with Gasteiger partial charge in [-0.05, 0) is 36.8 Å². The van der Waals surface area contributed by atoms with E-state index in [-0.39, 0.29) is 11.4 Å². The van der Waals surface area contributed by atoms with Crippen LogP contribution in [-0.2, 0) is 6.18 Å². The fourth-order valence-corrected chi connectivity index (χ4v) is 3.41. The van der Waals surface area contributed by atoms with Crippen molar-refractivity contribution >= 4 is 16.7 Å². The maximum Gasteiger partial charge on any atom is 0.416 e. The third-order valence-electron chi connectivity index (χ3n) is 4.92. The largest absolute Gasteiger partial charge is 0.416 e. The zero-order chi connectivity index (χ0) is 20.1. The van der Waals surface area contributed by atoms with Gasteiger partial charge in [0.25, 0.3) is 0 Å². The number of nitrogens with zero attached hydrogens (tertiary/aromatic N) is 4. The number of para-hydroxylation sites is 1. The average molecular weight is 384 g/mol. The number of aryl methyl sites for hydroxylation is 1. The molecule has 28 heavy (non-hydrogen) atoms. The quantitative estimate of drug-likeness (QED) is 0.676. The third kappa shape index (κ3) is 2.89. The molecule has 0 aliphatic carbocycles. The molecule has 1 aliphatic heterocycles. The molecule has 5 nitrogen and oxygen atoms in total. The Bertz CT molecular complexity index is 1170. The van der Waals surface area contributed by atoms with E-state index in [4.69, 9.17) is 5.26 Å². The van der Waals surface area contributed by atoms with E-state index in [1.54, 1.807) is 36.1 Å². The third-order valence-corrected chi connectivity index (χ3v) is 4.92. The second kappa shape index (κ2) is 6.37. The van der Waals surface area contributed by atoms with Crippen molar-refractivity contribution < 1.29 is 13.2 Å². The first-order valence-corrected chi connectivity index (χ1v) is 8.64. The predicted molar refractivity (Wildman–Crippen MR) is 98.4 cm³/mol. The Balaban J connectivity index is 2.01. The Hall–Kier alpha value is -3.34. The Kier molecular flexibility index (Phi) is 4.11. The lowest BCUT2D eigenvalue weighted by Gasteiger charge is -2.37. The first kappa shape index (κ1) is 18.0. The van der Waals surface area contributed by atoms with Crippen LogP contribution in [0.5, 0.6) is 0 Å². The maximum absolute atomic E-state index is 13.3. The summed E-state index contributed by atoms with van der Waals surface area (Å²) < 4.78 is 41.2. The molecule has 0 spiro atoms. The van der Waals surface area contributed by atoms with E-state index in [2.05, 4.69) is 11.1 Å². The molecule has 1 saturated heterocycles. The van der Waals surface area contributed by atoms with Gasteiger partial charge in [0.05, 0.1) is 28.8 Å². The smallest absolute Gasteiger partial charge is 0.353 e. The van der Waals surface area contributed by atoms with Crippen molar-refractivity contribution in [3.8, 4) is 11.8 Å². The number of alkyl halides is 3. The van der Waals surface area contributed by atoms with Gasteiger partial charge < -0.3 is 4.90 Å². The number of hydrogen-bond acceptors (Lipinski definition) is 4. The van der Waals surface area contributed by atoms with Crippen molar-refractivity contribution in [3.63, 3.8) is 0 Å². The average Bonchev–Trinajstić information content (AvgIpc) is 2.61. The van der Waals surface area contributed by atoms with Gasteiger partial charge in [0.2, 0.25) is 0 Å². The van der Waals surface area contributed by atoms with E-state index in [0.29, 0.717) is 30.0 Å². The number of anilines is 1. The maximum atomic E-state index is 13.3. The molecule has 8 heteroatoms. The van der Waals surface area contributed by atoms with Gasteiger partial charge in [0.15, 0.2) is 0 Å². The molecule has 2 heterocycles. The first-order valence-electron chi connectivity index (χ1n) is 8.64. The molecule has 0 amide bonds. The summed E-state index contributed by atoms with van der Waals surface area (Å²) in [5, 5.41) is 9.42. The molecule has 0 N–H and O–H groups in total. The molecule has 0 bridgehead atoms. The normalized spacial score (nSPS) is 14.8. The van der Waals surface area contributed by atoms with Gasteiger partial charge in [-0.2, -0.15) is 23.4 Å². The van der Waals surface area contributed by atoms with Gasteiger partial charge >= 0.3 is 11.9 Å². The van der Waals surface area contributed by atoms with Crippen LogP contribution in [0.4, 0.5) is 19.0 Å². The molecule has 0 atom stereocenters. The van der Waals surface area contributed by atoms with E-state index in [9.17, 15) is 18.0 Å². The van der Waals surface area contributed by atoms with Gasteiger partial charge in [-0.3, -0.25) is 4.57 Å². The number of benzene rings is 2. The Morgan fingerprint density at radius 2 is 1.89 bits per heavy atom. The van der Waals surface area contributed by atoms with Crippen molar-refractivity contribution in [2.45, 2.75) is 13.1 Å². The predicted octanol–water partition coefficient (Wildman–Crippen LogP) is 3.67. The van der Waals surface area contributed by atoms with Crippen LogP contribution in [0, 0.1) is 24.2 Å². The highest BCUT2D eigenvalue weighted by molar-refractivity contribution is 5.91. The lowest BCUT2D eigenvalue weighted by atomic mass is 10.0. The van der Waals surface area contributed by atoms with E-state index in [1.807, 2.05) is 0 Å². The Labute approximate surface area is 158 Å². The standard InChI is InChI=1S/C20H15F3N4O/c1-12-4-2-3-5-16(12)27-17-8-14(20(21,22)23)6-7-15(17)18(25-19(27)28)26-10-13(9-24)11-26/h2-8,13H,10-11H2,1H3. The number of nitriles is 1. The molecular weight excluding hydrogens is 369 g/mol. The van der Waals surface area contributed by atoms with Crippen LogP contribution in [-0.4, -0.2) is 22.6 Å². The summed E-state index contributed by atoms with van der Waals surface area (Å²) in [4.78, 5) is 18.7. The van der Waals surface area contributed by atoms with Gasteiger partial charge in [0, 0.05) is 18.5 Å². The number of fused-ring (bicyclic) bond motifs is 1. The number of halogens is 3. The monoisotopic (exact) mass is 384 g/mol. The van der Waals surface area contributed by atoms with Crippen LogP contribution in [0.25, 0.3) is 16.6 Å². The van der Waals surface area contributed by atoms with Crippen molar-refractivity contribution in [2.24, 2.45) is 5.92 Å². The second-order valence-corrected chi connectivity index (χ2v) is 6.80. The van der Waals surface area contributed by atoms with Crippen molar-refractivity contribution in [1.82, 2.24) is 9.55 Å². The lowest BCUT2D eigenvalue weighted by Crippen LogP contribution is -2.47. The van der Waals surface area contributed by atoms with Gasteiger partial charge in [-0.25, -0.2) is 4.79 Å². The molecule has 142 valence electrons. The fraction of sp³-hybridized carbons (Fsp3) is 0.250. The first-order chi connectivity index (χ1) is 13.3. The fourth-order valence-electron chi connectivity index (χ4n) is 3.41. The number of hydrogen-bond donors (Lipinski definition) is 0. The Morgan fingerprint density at radius 1 is 1.18 bits per heavy atom. The summed E-state index contributed by atoms with van der Waals surface area (Å²) in [5.41, 5.74) is -0.130. The lowest BCUT2D eigenvalue weighted by molar-refractivity contribution is -0.137. The molecule has 1 aliphatic rings. The topological polar surface area (TPSA) is 61.9 Å². The zero-order valence-electron chi connectivity index (χ0n) is 14.9. The molecule has 2 aromatic carbocycles. The van der Waals surface area contributed by atoms with Crippen LogP contribution < -0.4 is 10.6 Å². The SMILES string of the molecule is Cc1ccccc1-n1c(=O)nc(N2CC(C#N)C2)c2ccc(C(F)(F)F)cc21. The van der Waals surface area contributed by atoms with Gasteiger partial charge in [0.1, 0.15) is 5.82 Å². The molecule has 1 fully saturated rings. The Morgan fingerprint density at radius 3 is 2.54 bits per heavy atom. The highest BCUT2D eigenvalue weighted by Gasteiger charge is 2.33. The second-order valence-electron chi connectivity index (χ2n) is 6.80. The highest BCUT2D eigenvalue weighted by atomic mass is 19.4. The van der Waals surface area contributed by atoms with Crippen LogP contribution in [0.1, 0.15) is 11.1 Å². The van der Waals surface area contributed by atoms with Crippen LogP contribution in [0.3, 0.4) is 0 Å². The molecule has 4 rings (SSSR count). The minimum absolute atomic E-state index is 0.138. The molecule has 0 saturated carbocycles. The van der Waals surface area contributed by atoms with Crippen LogP contribution >= 0.6 is 0 Å². The highest BCUT2D eigenvalue weighted by Crippen LogP contribution is 2.35. The summed E-state index contributed by atoms with van der Waals surface area (Å²) in [5.74, 6) is 0.134. The van der Waals surface area contributed by atoms with E-state index in [1.165, 1.54) is 10.6 Å². The molecule has 0 radical (unpaired) electrons. The van der Waals surface area contributed by atoms with Gasteiger partial charge in [-0.1, -0.05) is 18.2 Å². The van der Waals surface area contributed by atoms with E-state index in [0.717, 1.165) is 17.7 Å².